The van der Waals surface area contributed by atoms with E-state index in [4.69, 9.17) is 16.7 Å². The maximum atomic E-state index is 13.1. The Labute approximate surface area is 157 Å². The summed E-state index contributed by atoms with van der Waals surface area (Å²) in [6.07, 6.45) is -3.14. The number of halogens is 4. The van der Waals surface area contributed by atoms with Crippen molar-refractivity contribution in [3.63, 3.8) is 0 Å². The van der Waals surface area contributed by atoms with Gasteiger partial charge in [0.2, 0.25) is 0 Å². The van der Waals surface area contributed by atoms with Gasteiger partial charge >= 0.3 is 12.1 Å². The average Bonchev–Trinajstić information content (AvgIpc) is 3.08. The van der Waals surface area contributed by atoms with Crippen LogP contribution in [-0.2, 0) is 4.79 Å². The van der Waals surface area contributed by atoms with Crippen LogP contribution < -0.4 is 0 Å². The number of hydrogen-bond acceptors (Lipinski definition) is 3. The van der Waals surface area contributed by atoms with Crippen molar-refractivity contribution >= 4 is 23.5 Å². The summed E-state index contributed by atoms with van der Waals surface area (Å²) in [6, 6.07) is 9.75. The zero-order chi connectivity index (χ0) is 19.8. The van der Waals surface area contributed by atoms with Crippen molar-refractivity contribution in [2.75, 3.05) is 13.1 Å². The Kier molecular flexibility index (Phi) is 5.10. The SMILES string of the molecule is O=C(O)[C@@H]1CN(C(=O)c2cc(-c3ccccn3)ccc2Cl)C[C@H]1C(F)(F)F. The molecule has 1 aliphatic heterocycles. The molecule has 0 radical (unpaired) electrons. The van der Waals surface area contributed by atoms with Crippen molar-refractivity contribution in [3.05, 3.63) is 53.2 Å². The zero-order valence-electron chi connectivity index (χ0n) is 13.8. The molecule has 0 unspecified atom stereocenters. The van der Waals surface area contributed by atoms with Crippen molar-refractivity contribution in [1.29, 1.82) is 0 Å². The van der Waals surface area contributed by atoms with Gasteiger partial charge in [-0.1, -0.05) is 23.7 Å². The molecule has 3 rings (SSSR count). The highest BCUT2D eigenvalue weighted by Gasteiger charge is 2.53. The molecule has 2 atom stereocenters. The lowest BCUT2D eigenvalue weighted by Gasteiger charge is -2.19. The summed E-state index contributed by atoms with van der Waals surface area (Å²) in [5.41, 5.74) is 1.15. The number of carboxylic acid groups (broad SMARTS) is 1. The molecule has 0 saturated carbocycles. The third kappa shape index (κ3) is 3.90. The van der Waals surface area contributed by atoms with Crippen LogP contribution in [0.3, 0.4) is 0 Å². The monoisotopic (exact) mass is 398 g/mol. The Morgan fingerprint density at radius 1 is 1.19 bits per heavy atom. The lowest BCUT2D eigenvalue weighted by Crippen LogP contribution is -2.34. The van der Waals surface area contributed by atoms with Crippen LogP contribution in [0.2, 0.25) is 5.02 Å². The maximum absolute atomic E-state index is 13.1. The average molecular weight is 399 g/mol. The molecule has 1 fully saturated rings. The molecule has 1 amide bonds. The lowest BCUT2D eigenvalue weighted by atomic mass is 9.96. The molecule has 27 heavy (non-hydrogen) atoms. The van der Waals surface area contributed by atoms with E-state index in [0.717, 1.165) is 4.90 Å². The number of hydrogen-bond donors (Lipinski definition) is 1. The second-order valence-electron chi connectivity index (χ2n) is 6.21. The molecule has 2 aromatic rings. The van der Waals surface area contributed by atoms with Gasteiger partial charge < -0.3 is 10.0 Å². The molecule has 2 heterocycles. The predicted octanol–water partition coefficient (Wildman–Crippen LogP) is 3.74. The smallest absolute Gasteiger partial charge is 0.394 e. The number of rotatable bonds is 3. The van der Waals surface area contributed by atoms with E-state index in [2.05, 4.69) is 4.98 Å². The third-order valence-electron chi connectivity index (χ3n) is 4.50. The van der Waals surface area contributed by atoms with Crippen molar-refractivity contribution in [2.45, 2.75) is 6.18 Å². The van der Waals surface area contributed by atoms with Crippen LogP contribution in [0.5, 0.6) is 0 Å². The number of alkyl halides is 3. The number of nitrogens with zero attached hydrogens (tertiary/aromatic N) is 2. The van der Waals surface area contributed by atoms with Crippen molar-refractivity contribution in [2.24, 2.45) is 11.8 Å². The van der Waals surface area contributed by atoms with Gasteiger partial charge in [-0.05, 0) is 24.3 Å². The number of benzene rings is 1. The van der Waals surface area contributed by atoms with Gasteiger partial charge in [-0.3, -0.25) is 14.6 Å². The summed E-state index contributed by atoms with van der Waals surface area (Å²) in [7, 11) is 0. The van der Waals surface area contributed by atoms with Crippen LogP contribution in [0, 0.1) is 11.8 Å². The Hall–Kier alpha value is -2.61. The molecule has 1 aliphatic rings. The lowest BCUT2D eigenvalue weighted by molar-refractivity contribution is -0.187. The first-order valence-electron chi connectivity index (χ1n) is 7.98. The molecular weight excluding hydrogens is 385 g/mol. The van der Waals surface area contributed by atoms with Gasteiger partial charge in [0, 0.05) is 24.8 Å². The highest BCUT2D eigenvalue weighted by molar-refractivity contribution is 6.34. The number of aliphatic carboxylic acids is 1. The molecule has 1 aromatic carbocycles. The zero-order valence-corrected chi connectivity index (χ0v) is 14.5. The number of likely N-dealkylation sites (tertiary alicyclic amines) is 1. The van der Waals surface area contributed by atoms with E-state index in [9.17, 15) is 22.8 Å². The Morgan fingerprint density at radius 2 is 1.93 bits per heavy atom. The number of amides is 1. The summed E-state index contributed by atoms with van der Waals surface area (Å²) < 4.78 is 39.4. The fraction of sp³-hybridized carbons (Fsp3) is 0.278. The molecule has 0 bridgehead atoms. The van der Waals surface area contributed by atoms with Crippen LogP contribution in [0.25, 0.3) is 11.3 Å². The molecule has 142 valence electrons. The minimum atomic E-state index is -4.71. The van der Waals surface area contributed by atoms with Gasteiger partial charge in [-0.15, -0.1) is 0 Å². The number of carbonyl (C=O) groups is 2. The van der Waals surface area contributed by atoms with Gasteiger partial charge in [0.1, 0.15) is 0 Å². The largest absolute Gasteiger partial charge is 0.481 e. The first kappa shape index (κ1) is 19.2. The van der Waals surface area contributed by atoms with E-state index in [1.54, 1.807) is 30.5 Å². The number of pyridine rings is 1. The van der Waals surface area contributed by atoms with Crippen molar-refractivity contribution in [3.8, 4) is 11.3 Å². The summed E-state index contributed by atoms with van der Waals surface area (Å²) in [5, 5.41) is 9.16. The normalized spacial score (nSPS) is 19.9. The van der Waals surface area contributed by atoms with Crippen LogP contribution >= 0.6 is 11.6 Å². The summed E-state index contributed by atoms with van der Waals surface area (Å²) in [5.74, 6) is -6.14. The molecule has 1 aromatic heterocycles. The van der Waals surface area contributed by atoms with E-state index in [1.807, 2.05) is 0 Å². The van der Waals surface area contributed by atoms with Crippen LogP contribution in [-0.4, -0.2) is 46.1 Å². The second kappa shape index (κ2) is 7.19. The Bertz CT molecular complexity index is 874. The predicted molar refractivity (Wildman–Crippen MR) is 91.3 cm³/mol. The topological polar surface area (TPSA) is 70.5 Å². The minimum absolute atomic E-state index is 0.00628. The van der Waals surface area contributed by atoms with Crippen LogP contribution in [0.4, 0.5) is 13.2 Å². The summed E-state index contributed by atoms with van der Waals surface area (Å²) in [6.45, 7) is -1.24. The van der Waals surface area contributed by atoms with E-state index >= 15 is 0 Å². The van der Waals surface area contributed by atoms with Crippen LogP contribution in [0.1, 0.15) is 10.4 Å². The maximum Gasteiger partial charge on any atom is 0.394 e. The van der Waals surface area contributed by atoms with Gasteiger partial charge in [0.05, 0.1) is 28.1 Å². The first-order chi connectivity index (χ1) is 12.7. The molecule has 0 aliphatic carbocycles. The fourth-order valence-electron chi connectivity index (χ4n) is 3.10. The highest BCUT2D eigenvalue weighted by Crippen LogP contribution is 2.38. The van der Waals surface area contributed by atoms with E-state index in [0.29, 0.717) is 11.3 Å². The highest BCUT2D eigenvalue weighted by atomic mass is 35.5. The van der Waals surface area contributed by atoms with Crippen molar-refractivity contribution in [1.82, 2.24) is 9.88 Å². The Balaban J connectivity index is 1.91. The van der Waals surface area contributed by atoms with Crippen LogP contribution in [0.15, 0.2) is 42.6 Å². The Morgan fingerprint density at radius 3 is 2.48 bits per heavy atom. The summed E-state index contributed by atoms with van der Waals surface area (Å²) in [4.78, 5) is 29.0. The van der Waals surface area contributed by atoms with Gasteiger partial charge in [0.15, 0.2) is 0 Å². The second-order valence-corrected chi connectivity index (χ2v) is 6.62. The molecular formula is C18H14ClF3N2O3. The quantitative estimate of drug-likeness (QED) is 0.855. The van der Waals surface area contributed by atoms with E-state index in [-0.39, 0.29) is 10.6 Å². The molecule has 1 saturated heterocycles. The van der Waals surface area contributed by atoms with E-state index in [1.165, 1.54) is 12.1 Å². The fourth-order valence-corrected chi connectivity index (χ4v) is 3.30. The summed E-state index contributed by atoms with van der Waals surface area (Å²) >= 11 is 6.08. The molecule has 0 spiro atoms. The third-order valence-corrected chi connectivity index (χ3v) is 4.83. The number of carbonyl (C=O) groups excluding carboxylic acids is 1. The number of carboxylic acids is 1. The standard InChI is InChI=1S/C18H14ClF3N2O3/c19-14-5-4-10(15-3-1-2-6-23-15)7-11(14)16(25)24-8-12(17(26)27)13(9-24)18(20,21)22/h1-7,12-13H,8-9H2,(H,26,27)/t12-,13-/m1/s1. The van der Waals surface area contributed by atoms with Gasteiger partial charge in [-0.25, -0.2) is 0 Å². The minimum Gasteiger partial charge on any atom is -0.481 e. The molecule has 1 N–H and O–H groups in total. The van der Waals surface area contributed by atoms with E-state index < -0.39 is 43.0 Å². The molecule has 5 nitrogen and oxygen atoms in total. The molecule has 9 heteroatoms. The van der Waals surface area contributed by atoms with Gasteiger partial charge in [0.25, 0.3) is 5.91 Å². The first-order valence-corrected chi connectivity index (χ1v) is 8.36. The van der Waals surface area contributed by atoms with Gasteiger partial charge in [-0.2, -0.15) is 13.2 Å². The van der Waals surface area contributed by atoms with Crippen molar-refractivity contribution < 1.29 is 27.9 Å². The number of aromatic nitrogens is 1.